The Morgan fingerprint density at radius 2 is 1.47 bits per heavy atom. The smallest absolute Gasteiger partial charge is 0.0224 e. The summed E-state index contributed by atoms with van der Waals surface area (Å²) < 4.78 is 0. The average Bonchev–Trinajstić information content (AvgIpc) is 2.54. The van der Waals surface area contributed by atoms with Crippen molar-refractivity contribution in [3.63, 3.8) is 0 Å². The molecule has 2 bridgehead atoms. The summed E-state index contributed by atoms with van der Waals surface area (Å²) in [5.74, 6) is 0. The van der Waals surface area contributed by atoms with Crippen LogP contribution in [0.5, 0.6) is 0 Å². The lowest BCUT2D eigenvalue weighted by Gasteiger charge is -2.44. The highest BCUT2D eigenvalue weighted by atomic mass is 15.3. The van der Waals surface area contributed by atoms with Gasteiger partial charge >= 0.3 is 0 Å². The minimum atomic E-state index is 0.860. The third-order valence-corrected chi connectivity index (χ3v) is 4.70. The number of likely N-dealkylation sites (tertiary alicyclic amines) is 1. The fourth-order valence-corrected chi connectivity index (χ4v) is 3.62. The van der Waals surface area contributed by atoms with Crippen LogP contribution in [0.3, 0.4) is 0 Å². The van der Waals surface area contributed by atoms with Crippen LogP contribution in [0.2, 0.25) is 0 Å². The van der Waals surface area contributed by atoms with Crippen LogP contribution in [0.4, 0.5) is 0 Å². The first kappa shape index (κ1) is 10.1. The molecule has 0 aromatic carbocycles. The third-order valence-electron chi connectivity index (χ3n) is 4.70. The van der Waals surface area contributed by atoms with Crippen molar-refractivity contribution in [1.82, 2.24) is 15.1 Å². The van der Waals surface area contributed by atoms with E-state index in [1.54, 1.807) is 0 Å². The van der Waals surface area contributed by atoms with E-state index in [9.17, 15) is 0 Å². The molecular formula is C12H23N3. The fourth-order valence-electron chi connectivity index (χ4n) is 3.62. The van der Waals surface area contributed by atoms with Gasteiger partial charge in [0.25, 0.3) is 0 Å². The summed E-state index contributed by atoms with van der Waals surface area (Å²) in [6.45, 7) is 5.12. The van der Waals surface area contributed by atoms with Crippen molar-refractivity contribution >= 4 is 0 Å². The van der Waals surface area contributed by atoms with Crippen LogP contribution in [0.15, 0.2) is 0 Å². The molecule has 86 valence electrons. The van der Waals surface area contributed by atoms with Crippen LogP contribution in [-0.4, -0.2) is 61.2 Å². The third kappa shape index (κ3) is 1.81. The summed E-state index contributed by atoms with van der Waals surface area (Å²) in [6.07, 6.45) is 5.59. The van der Waals surface area contributed by atoms with Gasteiger partial charge in [0.1, 0.15) is 0 Å². The Balaban J connectivity index is 1.64. The molecule has 0 saturated carbocycles. The summed E-state index contributed by atoms with van der Waals surface area (Å²) in [6, 6.07) is 2.60. The van der Waals surface area contributed by atoms with Gasteiger partial charge in [0.15, 0.2) is 0 Å². The maximum Gasteiger partial charge on any atom is 0.0224 e. The van der Waals surface area contributed by atoms with Gasteiger partial charge in [0.05, 0.1) is 0 Å². The number of fused-ring (bicyclic) bond motifs is 2. The summed E-state index contributed by atoms with van der Waals surface area (Å²) in [5.41, 5.74) is 0. The van der Waals surface area contributed by atoms with Crippen molar-refractivity contribution in [2.45, 2.75) is 43.8 Å². The predicted octanol–water partition coefficient (Wildman–Crippen LogP) is 0.517. The number of rotatable bonds is 1. The lowest BCUT2D eigenvalue weighted by molar-refractivity contribution is 0.0474. The monoisotopic (exact) mass is 209 g/mol. The highest BCUT2D eigenvalue weighted by molar-refractivity contribution is 4.96. The Morgan fingerprint density at radius 1 is 0.867 bits per heavy atom. The van der Waals surface area contributed by atoms with Gasteiger partial charge in [-0.25, -0.2) is 0 Å². The van der Waals surface area contributed by atoms with E-state index in [1.165, 1.54) is 51.9 Å². The summed E-state index contributed by atoms with van der Waals surface area (Å²) in [7, 11) is 2.32. The van der Waals surface area contributed by atoms with Crippen molar-refractivity contribution in [3.05, 3.63) is 0 Å². The molecule has 0 aliphatic carbocycles. The number of piperazine rings is 1. The normalized spacial score (nSPS) is 39.8. The van der Waals surface area contributed by atoms with Gasteiger partial charge in [0.2, 0.25) is 0 Å². The molecule has 2 atom stereocenters. The molecule has 0 radical (unpaired) electrons. The number of piperidine rings is 1. The van der Waals surface area contributed by atoms with Crippen molar-refractivity contribution in [3.8, 4) is 0 Å². The van der Waals surface area contributed by atoms with Crippen molar-refractivity contribution < 1.29 is 0 Å². The first-order valence-electron chi connectivity index (χ1n) is 6.51. The standard InChI is InChI=1S/C12H23N3/c1-14-11-2-3-12(14)9-15(8-11)10-4-6-13-7-5-10/h10-13H,2-9H2,1H3. The second-order valence-electron chi connectivity index (χ2n) is 5.49. The molecule has 3 nitrogen and oxygen atoms in total. The number of likely N-dealkylation sites (N-methyl/N-ethyl adjacent to an activating group) is 1. The number of nitrogens with one attached hydrogen (secondary N) is 1. The summed E-state index contributed by atoms with van der Waals surface area (Å²) in [4.78, 5) is 5.40. The fraction of sp³-hybridized carbons (Fsp3) is 1.00. The predicted molar refractivity (Wildman–Crippen MR) is 62.0 cm³/mol. The van der Waals surface area contributed by atoms with Gasteiger partial charge in [0, 0.05) is 31.2 Å². The van der Waals surface area contributed by atoms with Crippen molar-refractivity contribution in [2.75, 3.05) is 33.2 Å². The Morgan fingerprint density at radius 3 is 2.07 bits per heavy atom. The van der Waals surface area contributed by atoms with E-state index < -0.39 is 0 Å². The zero-order chi connectivity index (χ0) is 10.3. The molecule has 0 spiro atoms. The first-order valence-corrected chi connectivity index (χ1v) is 6.51. The van der Waals surface area contributed by atoms with E-state index in [4.69, 9.17) is 0 Å². The van der Waals surface area contributed by atoms with Crippen LogP contribution in [0.1, 0.15) is 25.7 Å². The molecule has 3 saturated heterocycles. The zero-order valence-corrected chi connectivity index (χ0v) is 9.78. The largest absolute Gasteiger partial charge is 0.317 e. The van der Waals surface area contributed by atoms with E-state index in [1.807, 2.05) is 0 Å². The van der Waals surface area contributed by atoms with E-state index in [2.05, 4.69) is 22.2 Å². The van der Waals surface area contributed by atoms with Crippen LogP contribution in [0.25, 0.3) is 0 Å². The maximum atomic E-state index is 3.46. The Labute approximate surface area is 92.8 Å². The second kappa shape index (κ2) is 4.04. The van der Waals surface area contributed by atoms with Crippen LogP contribution < -0.4 is 5.32 Å². The zero-order valence-electron chi connectivity index (χ0n) is 9.78. The maximum absolute atomic E-state index is 3.46. The highest BCUT2D eigenvalue weighted by Crippen LogP contribution is 2.30. The first-order chi connectivity index (χ1) is 7.34. The topological polar surface area (TPSA) is 18.5 Å². The van der Waals surface area contributed by atoms with E-state index in [-0.39, 0.29) is 0 Å². The molecule has 15 heavy (non-hydrogen) atoms. The number of nitrogens with zero attached hydrogens (tertiary/aromatic N) is 2. The molecule has 1 N–H and O–H groups in total. The van der Waals surface area contributed by atoms with Gasteiger partial charge in [-0.3, -0.25) is 9.80 Å². The van der Waals surface area contributed by atoms with Gasteiger partial charge in [-0.2, -0.15) is 0 Å². The van der Waals surface area contributed by atoms with E-state index in [0.717, 1.165) is 18.1 Å². The lowest BCUT2D eigenvalue weighted by atomic mass is 10.0. The molecule has 0 aromatic rings. The molecule has 3 fully saturated rings. The second-order valence-corrected chi connectivity index (χ2v) is 5.49. The highest BCUT2D eigenvalue weighted by Gasteiger charge is 2.39. The Kier molecular flexibility index (Phi) is 2.71. The van der Waals surface area contributed by atoms with E-state index >= 15 is 0 Å². The minimum absolute atomic E-state index is 0.860. The average molecular weight is 209 g/mol. The lowest BCUT2D eigenvalue weighted by Crippen LogP contribution is -2.56. The molecule has 3 heteroatoms. The van der Waals surface area contributed by atoms with Crippen LogP contribution >= 0.6 is 0 Å². The SMILES string of the molecule is CN1C2CCC1CN(C1CCNCC1)C2. The minimum Gasteiger partial charge on any atom is -0.317 e. The Hall–Kier alpha value is -0.120. The quantitative estimate of drug-likeness (QED) is 0.679. The molecule has 2 unspecified atom stereocenters. The Bertz CT molecular complexity index is 211. The molecule has 3 aliphatic rings. The van der Waals surface area contributed by atoms with Gasteiger partial charge < -0.3 is 5.32 Å². The molecule has 0 aromatic heterocycles. The van der Waals surface area contributed by atoms with Crippen LogP contribution in [0, 0.1) is 0 Å². The van der Waals surface area contributed by atoms with Gasteiger partial charge in [-0.1, -0.05) is 0 Å². The molecular weight excluding hydrogens is 186 g/mol. The summed E-state index contributed by atoms with van der Waals surface area (Å²) >= 11 is 0. The number of hydrogen-bond acceptors (Lipinski definition) is 3. The summed E-state index contributed by atoms with van der Waals surface area (Å²) in [5, 5.41) is 3.46. The molecule has 3 rings (SSSR count). The van der Waals surface area contributed by atoms with Gasteiger partial charge in [-0.05, 0) is 45.8 Å². The van der Waals surface area contributed by atoms with Crippen molar-refractivity contribution in [2.24, 2.45) is 0 Å². The van der Waals surface area contributed by atoms with E-state index in [0.29, 0.717) is 0 Å². The van der Waals surface area contributed by atoms with Crippen LogP contribution in [-0.2, 0) is 0 Å². The van der Waals surface area contributed by atoms with Gasteiger partial charge in [-0.15, -0.1) is 0 Å². The molecule has 3 heterocycles. The molecule has 3 aliphatic heterocycles. The van der Waals surface area contributed by atoms with Crippen molar-refractivity contribution in [1.29, 1.82) is 0 Å². The number of hydrogen-bond donors (Lipinski definition) is 1. The molecule has 0 amide bonds.